The summed E-state index contributed by atoms with van der Waals surface area (Å²) in [5.74, 6) is 0.259. The average Bonchev–Trinajstić information content (AvgIpc) is 2.22. The SMILES string of the molecule is COC1=C(C)C(C(F)(F)F)N(C)N1C. The zero-order valence-electron chi connectivity index (χ0n) is 8.51. The number of methoxy groups -OCH3 is 1. The van der Waals surface area contributed by atoms with E-state index in [0.717, 1.165) is 5.01 Å². The van der Waals surface area contributed by atoms with Crippen LogP contribution in [0.15, 0.2) is 11.5 Å². The van der Waals surface area contributed by atoms with Crippen molar-refractivity contribution < 1.29 is 17.9 Å². The zero-order chi connectivity index (χ0) is 11.1. The lowest BCUT2D eigenvalue weighted by atomic mass is 10.1. The quantitative estimate of drug-likeness (QED) is 0.653. The Labute approximate surface area is 80.7 Å². The topological polar surface area (TPSA) is 15.7 Å². The van der Waals surface area contributed by atoms with Crippen LogP contribution in [0.2, 0.25) is 0 Å². The van der Waals surface area contributed by atoms with Crippen molar-refractivity contribution in [2.45, 2.75) is 19.1 Å². The molecular formula is C8H13F3N2O. The van der Waals surface area contributed by atoms with Crippen LogP contribution >= 0.6 is 0 Å². The number of hydrogen-bond donors (Lipinski definition) is 0. The largest absolute Gasteiger partial charge is 0.481 e. The molecule has 0 aliphatic carbocycles. The molecule has 0 aromatic heterocycles. The van der Waals surface area contributed by atoms with E-state index in [1.165, 1.54) is 33.1 Å². The van der Waals surface area contributed by atoms with Gasteiger partial charge in [0.25, 0.3) is 0 Å². The Morgan fingerprint density at radius 3 is 2.00 bits per heavy atom. The minimum absolute atomic E-state index is 0.185. The number of hydrazine groups is 1. The molecule has 1 aliphatic rings. The Bertz CT molecular complexity index is 262. The van der Waals surface area contributed by atoms with Crippen LogP contribution in [0.1, 0.15) is 6.92 Å². The third-order valence-corrected chi connectivity index (χ3v) is 2.39. The summed E-state index contributed by atoms with van der Waals surface area (Å²) in [7, 11) is 4.28. The van der Waals surface area contributed by atoms with Crippen LogP contribution in [0.25, 0.3) is 0 Å². The van der Waals surface area contributed by atoms with Gasteiger partial charge in [0.1, 0.15) is 0 Å². The van der Waals surface area contributed by atoms with Gasteiger partial charge in [0.2, 0.25) is 5.88 Å². The van der Waals surface area contributed by atoms with E-state index in [2.05, 4.69) is 0 Å². The van der Waals surface area contributed by atoms with Gasteiger partial charge in [-0.05, 0) is 6.92 Å². The maximum Gasteiger partial charge on any atom is 0.409 e. The van der Waals surface area contributed by atoms with Crippen molar-refractivity contribution in [3.8, 4) is 0 Å². The highest BCUT2D eigenvalue weighted by Crippen LogP contribution is 2.37. The third-order valence-electron chi connectivity index (χ3n) is 2.39. The Balaban J connectivity index is 3.05. The van der Waals surface area contributed by atoms with E-state index >= 15 is 0 Å². The molecule has 1 atom stereocenters. The summed E-state index contributed by atoms with van der Waals surface area (Å²) in [6.45, 7) is 1.43. The van der Waals surface area contributed by atoms with Crippen molar-refractivity contribution in [2.75, 3.05) is 21.2 Å². The molecule has 14 heavy (non-hydrogen) atoms. The maximum absolute atomic E-state index is 12.6. The van der Waals surface area contributed by atoms with E-state index in [-0.39, 0.29) is 11.5 Å². The highest BCUT2D eigenvalue weighted by molar-refractivity contribution is 5.19. The number of nitrogens with zero attached hydrogens (tertiary/aromatic N) is 2. The van der Waals surface area contributed by atoms with Crippen molar-refractivity contribution in [2.24, 2.45) is 0 Å². The van der Waals surface area contributed by atoms with Crippen molar-refractivity contribution >= 4 is 0 Å². The first-order valence-electron chi connectivity index (χ1n) is 4.08. The van der Waals surface area contributed by atoms with Crippen molar-refractivity contribution in [1.82, 2.24) is 10.0 Å². The molecule has 0 saturated heterocycles. The van der Waals surface area contributed by atoms with Crippen LogP contribution in [-0.4, -0.2) is 43.4 Å². The maximum atomic E-state index is 12.6. The van der Waals surface area contributed by atoms with Gasteiger partial charge in [-0.3, -0.25) is 5.01 Å². The van der Waals surface area contributed by atoms with Crippen molar-refractivity contribution in [3.05, 3.63) is 11.5 Å². The predicted octanol–water partition coefficient (Wildman–Crippen LogP) is 1.59. The van der Waals surface area contributed by atoms with Crippen LogP contribution in [0.5, 0.6) is 0 Å². The molecule has 3 nitrogen and oxygen atoms in total. The molecule has 1 unspecified atom stereocenters. The summed E-state index contributed by atoms with van der Waals surface area (Å²) >= 11 is 0. The summed E-state index contributed by atoms with van der Waals surface area (Å²) in [6.07, 6.45) is -4.27. The van der Waals surface area contributed by atoms with Gasteiger partial charge in [-0.25, -0.2) is 5.01 Å². The van der Waals surface area contributed by atoms with Gasteiger partial charge in [-0.2, -0.15) is 13.2 Å². The number of hydrogen-bond acceptors (Lipinski definition) is 3. The molecule has 1 heterocycles. The lowest BCUT2D eigenvalue weighted by molar-refractivity contribution is -0.188. The van der Waals surface area contributed by atoms with Crippen molar-refractivity contribution in [1.29, 1.82) is 0 Å². The summed E-state index contributed by atoms with van der Waals surface area (Å²) in [5.41, 5.74) is 0.185. The molecule has 82 valence electrons. The number of ether oxygens (including phenoxy) is 1. The van der Waals surface area contributed by atoms with Crippen LogP contribution in [0.3, 0.4) is 0 Å². The van der Waals surface area contributed by atoms with Gasteiger partial charge in [-0.15, -0.1) is 0 Å². The minimum Gasteiger partial charge on any atom is -0.481 e. The summed E-state index contributed by atoms with van der Waals surface area (Å²) in [5, 5.41) is 2.46. The summed E-state index contributed by atoms with van der Waals surface area (Å²) < 4.78 is 42.7. The van der Waals surface area contributed by atoms with Gasteiger partial charge in [0, 0.05) is 19.7 Å². The van der Waals surface area contributed by atoms with E-state index in [0.29, 0.717) is 0 Å². The molecule has 0 radical (unpaired) electrons. The van der Waals surface area contributed by atoms with E-state index in [1.54, 1.807) is 0 Å². The smallest absolute Gasteiger partial charge is 0.409 e. The lowest BCUT2D eigenvalue weighted by Gasteiger charge is -2.29. The van der Waals surface area contributed by atoms with Crippen LogP contribution in [0.4, 0.5) is 13.2 Å². The number of rotatable bonds is 1. The predicted molar refractivity (Wildman–Crippen MR) is 45.1 cm³/mol. The Hall–Kier alpha value is -0.910. The van der Waals surface area contributed by atoms with Crippen LogP contribution < -0.4 is 0 Å². The van der Waals surface area contributed by atoms with Gasteiger partial charge in [0.15, 0.2) is 6.04 Å². The molecular weight excluding hydrogens is 197 g/mol. The average molecular weight is 210 g/mol. The number of halogens is 3. The Kier molecular flexibility index (Phi) is 2.67. The van der Waals surface area contributed by atoms with Gasteiger partial charge < -0.3 is 4.74 Å². The standard InChI is InChI=1S/C8H13F3N2O/c1-5-6(8(9,10)11)12(2)13(3)7(5)14-4/h6H,1-4H3. The highest BCUT2D eigenvalue weighted by Gasteiger charge is 2.50. The van der Waals surface area contributed by atoms with E-state index in [9.17, 15) is 13.2 Å². The Morgan fingerprint density at radius 1 is 1.29 bits per heavy atom. The molecule has 0 aromatic carbocycles. The fourth-order valence-electron chi connectivity index (χ4n) is 1.72. The number of alkyl halides is 3. The molecule has 1 rings (SSSR count). The lowest BCUT2D eigenvalue weighted by Crippen LogP contribution is -2.45. The van der Waals surface area contributed by atoms with Gasteiger partial charge >= 0.3 is 6.18 Å². The molecule has 6 heteroatoms. The molecule has 0 saturated carbocycles. The van der Waals surface area contributed by atoms with E-state index < -0.39 is 12.2 Å². The molecule has 0 fully saturated rings. The second-order valence-electron chi connectivity index (χ2n) is 3.23. The zero-order valence-corrected chi connectivity index (χ0v) is 8.51. The molecule has 0 aromatic rings. The van der Waals surface area contributed by atoms with Gasteiger partial charge in [-0.1, -0.05) is 0 Å². The minimum atomic E-state index is -4.27. The third kappa shape index (κ3) is 1.54. The van der Waals surface area contributed by atoms with E-state index in [4.69, 9.17) is 4.74 Å². The van der Waals surface area contributed by atoms with Crippen molar-refractivity contribution in [3.63, 3.8) is 0 Å². The number of likely N-dealkylation sites (N-methyl/N-ethyl adjacent to an activating group) is 1. The first kappa shape index (κ1) is 11.2. The highest BCUT2D eigenvalue weighted by atomic mass is 19.4. The molecule has 0 N–H and O–H groups in total. The monoisotopic (exact) mass is 210 g/mol. The fraction of sp³-hybridized carbons (Fsp3) is 0.750. The first-order valence-corrected chi connectivity index (χ1v) is 4.08. The molecule has 1 aliphatic heterocycles. The van der Waals surface area contributed by atoms with Crippen LogP contribution in [-0.2, 0) is 4.74 Å². The second kappa shape index (κ2) is 3.34. The summed E-state index contributed by atoms with van der Waals surface area (Å²) in [6, 6.07) is -1.58. The summed E-state index contributed by atoms with van der Waals surface area (Å²) in [4.78, 5) is 0. The van der Waals surface area contributed by atoms with Gasteiger partial charge in [0.05, 0.1) is 7.11 Å². The van der Waals surface area contributed by atoms with Crippen LogP contribution in [0, 0.1) is 0 Å². The van der Waals surface area contributed by atoms with E-state index in [1.807, 2.05) is 0 Å². The first-order chi connectivity index (χ1) is 6.30. The Morgan fingerprint density at radius 2 is 1.79 bits per heavy atom. The second-order valence-corrected chi connectivity index (χ2v) is 3.23. The fourth-order valence-corrected chi connectivity index (χ4v) is 1.72. The molecule has 0 spiro atoms. The molecule has 0 bridgehead atoms. The molecule has 0 amide bonds. The normalized spacial score (nSPS) is 24.8.